The van der Waals surface area contributed by atoms with Crippen LogP contribution in [-0.2, 0) is 9.53 Å². The van der Waals surface area contributed by atoms with Gasteiger partial charge in [0.05, 0.1) is 6.10 Å². The molecule has 1 aliphatic rings. The Morgan fingerprint density at radius 2 is 1.48 bits per heavy atom. The summed E-state index contributed by atoms with van der Waals surface area (Å²) in [5.41, 5.74) is 0. The third kappa shape index (κ3) is 10.0. The molecule has 3 heteroatoms. The van der Waals surface area contributed by atoms with Crippen LogP contribution >= 0.6 is 0 Å². The maximum atomic E-state index is 10.8. The maximum Gasteiger partial charge on any atom is 0.129 e. The summed E-state index contributed by atoms with van der Waals surface area (Å²) in [7, 11) is 1.83. The smallest absolute Gasteiger partial charge is 0.129 e. The van der Waals surface area contributed by atoms with Gasteiger partial charge in [-0.25, -0.2) is 0 Å². The molecule has 1 rings (SSSR count). The van der Waals surface area contributed by atoms with Gasteiger partial charge < -0.3 is 14.4 Å². The second-order valence-electron chi connectivity index (χ2n) is 6.56. The highest BCUT2D eigenvalue weighted by atomic mass is 16.5. The van der Waals surface area contributed by atoms with E-state index < -0.39 is 0 Å². The number of carbonyl (C=O) groups excluding carboxylic acids is 1. The minimum Gasteiger partial charge on any atom is -0.381 e. The summed E-state index contributed by atoms with van der Waals surface area (Å²) in [4.78, 5) is 13.4. The lowest BCUT2D eigenvalue weighted by Gasteiger charge is -2.31. The Bertz CT molecular complexity index is 260. The molecule has 0 unspecified atom stereocenters. The summed E-state index contributed by atoms with van der Waals surface area (Å²) in [5.74, 6) is 0.338. The minimum atomic E-state index is 0.338. The molecule has 0 aromatic carbocycles. The van der Waals surface area contributed by atoms with Gasteiger partial charge in [0.25, 0.3) is 0 Å². The van der Waals surface area contributed by atoms with Gasteiger partial charge in [-0.2, -0.15) is 0 Å². The fourth-order valence-electron chi connectivity index (χ4n) is 3.14. The summed E-state index contributed by atoms with van der Waals surface area (Å²) in [6.45, 7) is 5.40. The van der Waals surface area contributed by atoms with Crippen molar-refractivity contribution in [2.24, 2.45) is 0 Å². The topological polar surface area (TPSA) is 29.5 Å². The van der Waals surface area contributed by atoms with Crippen LogP contribution in [0, 0.1) is 0 Å². The molecule has 0 radical (unpaired) electrons. The first-order chi connectivity index (χ1) is 10.2. The fraction of sp³-hybridized carbons (Fsp3) is 0.944. The summed E-state index contributed by atoms with van der Waals surface area (Å²) < 4.78 is 5.41. The molecule has 3 nitrogen and oxygen atoms in total. The molecule has 0 aromatic heterocycles. The van der Waals surface area contributed by atoms with Crippen LogP contribution in [0.4, 0.5) is 0 Å². The molecule has 1 fully saturated rings. The number of ketones is 1. The zero-order valence-electron chi connectivity index (χ0n) is 14.2. The van der Waals surface area contributed by atoms with E-state index in [-0.39, 0.29) is 0 Å². The van der Waals surface area contributed by atoms with E-state index >= 15 is 0 Å². The Labute approximate surface area is 131 Å². The van der Waals surface area contributed by atoms with Crippen molar-refractivity contribution in [3.05, 3.63) is 0 Å². The normalized spacial score (nSPS) is 17.2. The van der Waals surface area contributed by atoms with Crippen LogP contribution in [0.3, 0.4) is 0 Å². The fourth-order valence-corrected chi connectivity index (χ4v) is 3.14. The van der Waals surface area contributed by atoms with E-state index in [1.165, 1.54) is 77.4 Å². The molecule has 0 aliphatic carbocycles. The largest absolute Gasteiger partial charge is 0.381 e. The third-order valence-electron chi connectivity index (χ3n) is 4.62. The first-order valence-corrected chi connectivity index (χ1v) is 8.97. The molecule has 1 aliphatic heterocycles. The lowest BCUT2D eigenvalue weighted by molar-refractivity contribution is -0.117. The lowest BCUT2D eigenvalue weighted by atomic mass is 10.1. The van der Waals surface area contributed by atoms with Crippen molar-refractivity contribution in [1.82, 2.24) is 4.90 Å². The predicted molar refractivity (Wildman–Crippen MR) is 88.7 cm³/mol. The van der Waals surface area contributed by atoms with E-state index in [9.17, 15) is 4.79 Å². The van der Waals surface area contributed by atoms with Gasteiger partial charge >= 0.3 is 0 Å². The standard InChI is InChI=1S/C18H35NO2/c1-17(20)11-9-7-5-3-4-6-8-10-14-19-15-12-18(21-2)13-16-19/h18H,3-16H2,1-2H3. The first kappa shape index (κ1) is 18.6. The van der Waals surface area contributed by atoms with Gasteiger partial charge in [-0.3, -0.25) is 0 Å². The summed E-state index contributed by atoms with van der Waals surface area (Å²) in [6.07, 6.45) is 14.1. The average Bonchev–Trinajstić information content (AvgIpc) is 2.49. The van der Waals surface area contributed by atoms with Crippen LogP contribution in [0.1, 0.15) is 77.6 Å². The number of rotatable bonds is 12. The number of unbranched alkanes of at least 4 members (excludes halogenated alkanes) is 7. The zero-order chi connectivity index (χ0) is 15.3. The van der Waals surface area contributed by atoms with E-state index in [0.29, 0.717) is 11.9 Å². The SMILES string of the molecule is COC1CCN(CCCCCCCCCCC(C)=O)CC1. The Balaban J connectivity index is 1.80. The highest BCUT2D eigenvalue weighted by Gasteiger charge is 2.17. The Kier molecular flexibility index (Phi) is 10.8. The number of ether oxygens (including phenoxy) is 1. The van der Waals surface area contributed by atoms with Crippen LogP contribution < -0.4 is 0 Å². The molecule has 0 bridgehead atoms. The Hall–Kier alpha value is -0.410. The van der Waals surface area contributed by atoms with Crippen molar-refractivity contribution in [3.8, 4) is 0 Å². The van der Waals surface area contributed by atoms with Gasteiger partial charge in [0.2, 0.25) is 0 Å². The number of nitrogens with zero attached hydrogens (tertiary/aromatic N) is 1. The van der Waals surface area contributed by atoms with Gasteiger partial charge in [-0.1, -0.05) is 38.5 Å². The van der Waals surface area contributed by atoms with Crippen LogP contribution in [0.2, 0.25) is 0 Å². The second kappa shape index (κ2) is 12.2. The van der Waals surface area contributed by atoms with Gasteiger partial charge in [0.15, 0.2) is 0 Å². The molecule has 124 valence electrons. The highest BCUT2D eigenvalue weighted by Crippen LogP contribution is 2.14. The first-order valence-electron chi connectivity index (χ1n) is 8.97. The molecular formula is C18H35NO2. The molecule has 0 N–H and O–H groups in total. The summed E-state index contributed by atoms with van der Waals surface area (Å²) >= 11 is 0. The molecule has 0 saturated carbocycles. The second-order valence-corrected chi connectivity index (χ2v) is 6.56. The van der Waals surface area contributed by atoms with Crippen molar-refractivity contribution >= 4 is 5.78 Å². The van der Waals surface area contributed by atoms with Crippen LogP contribution in [-0.4, -0.2) is 43.5 Å². The van der Waals surface area contributed by atoms with E-state index in [4.69, 9.17) is 4.74 Å². The Morgan fingerprint density at radius 1 is 0.952 bits per heavy atom. The van der Waals surface area contributed by atoms with Crippen LogP contribution in [0.25, 0.3) is 0 Å². The van der Waals surface area contributed by atoms with Crippen LogP contribution in [0.15, 0.2) is 0 Å². The van der Waals surface area contributed by atoms with Gasteiger partial charge in [0.1, 0.15) is 5.78 Å². The predicted octanol–water partition coefficient (Wildman–Crippen LogP) is 4.20. The average molecular weight is 297 g/mol. The monoisotopic (exact) mass is 297 g/mol. The minimum absolute atomic E-state index is 0.338. The number of carbonyl (C=O) groups is 1. The number of methoxy groups -OCH3 is 1. The molecule has 1 saturated heterocycles. The van der Waals surface area contributed by atoms with Crippen molar-refractivity contribution in [2.45, 2.75) is 83.7 Å². The molecule has 0 amide bonds. The maximum absolute atomic E-state index is 10.8. The highest BCUT2D eigenvalue weighted by molar-refractivity contribution is 5.75. The van der Waals surface area contributed by atoms with Gasteiger partial charge in [-0.05, 0) is 39.2 Å². The zero-order valence-corrected chi connectivity index (χ0v) is 14.2. The molecule has 21 heavy (non-hydrogen) atoms. The van der Waals surface area contributed by atoms with Crippen molar-refractivity contribution in [2.75, 3.05) is 26.7 Å². The van der Waals surface area contributed by atoms with Gasteiger partial charge in [-0.15, -0.1) is 0 Å². The number of piperidine rings is 1. The van der Waals surface area contributed by atoms with E-state index in [0.717, 1.165) is 12.8 Å². The van der Waals surface area contributed by atoms with Crippen molar-refractivity contribution < 1.29 is 9.53 Å². The molecule has 0 aromatic rings. The molecule has 1 heterocycles. The lowest BCUT2D eigenvalue weighted by Crippen LogP contribution is -2.37. The number of likely N-dealkylation sites (tertiary alicyclic amines) is 1. The van der Waals surface area contributed by atoms with Gasteiger partial charge in [0, 0.05) is 26.6 Å². The number of hydrogen-bond acceptors (Lipinski definition) is 3. The number of hydrogen-bond donors (Lipinski definition) is 0. The number of Topliss-reactive ketones (excluding diaryl/α,β-unsaturated/α-hetero) is 1. The van der Waals surface area contributed by atoms with Crippen molar-refractivity contribution in [3.63, 3.8) is 0 Å². The quantitative estimate of drug-likeness (QED) is 0.506. The molecular weight excluding hydrogens is 262 g/mol. The van der Waals surface area contributed by atoms with Crippen molar-refractivity contribution in [1.29, 1.82) is 0 Å². The molecule has 0 atom stereocenters. The summed E-state index contributed by atoms with van der Waals surface area (Å²) in [6, 6.07) is 0. The summed E-state index contributed by atoms with van der Waals surface area (Å²) in [5, 5.41) is 0. The van der Waals surface area contributed by atoms with Crippen LogP contribution in [0.5, 0.6) is 0 Å². The van der Waals surface area contributed by atoms with E-state index in [1.54, 1.807) is 6.92 Å². The Morgan fingerprint density at radius 3 is 2.00 bits per heavy atom. The third-order valence-corrected chi connectivity index (χ3v) is 4.62. The van der Waals surface area contributed by atoms with E-state index in [2.05, 4.69) is 4.90 Å². The van der Waals surface area contributed by atoms with E-state index in [1.807, 2.05) is 7.11 Å². The molecule has 0 spiro atoms.